The van der Waals surface area contributed by atoms with E-state index in [1.807, 2.05) is 0 Å². The summed E-state index contributed by atoms with van der Waals surface area (Å²) in [7, 11) is 0. The molecule has 0 spiro atoms. The molecule has 0 aromatic heterocycles. The molecule has 0 heterocycles. The van der Waals surface area contributed by atoms with Crippen LogP contribution in [0.1, 0.15) is 5.56 Å². The average molecular weight is 293 g/mol. The number of nitriles is 1. The van der Waals surface area contributed by atoms with Crippen molar-refractivity contribution >= 4 is 17.1 Å². The molecule has 0 unspecified atom stereocenters. The Labute approximate surface area is 116 Å². The fourth-order valence-electron chi connectivity index (χ4n) is 1.61. The van der Waals surface area contributed by atoms with Gasteiger partial charge in [0.25, 0.3) is 5.69 Å². The SMILES string of the molecule is N#Cc1cc([N+](=O)[O-])ccc1Nc1ccc(F)c(F)c1F. The molecule has 0 aliphatic carbocycles. The van der Waals surface area contributed by atoms with E-state index < -0.39 is 22.4 Å². The Morgan fingerprint density at radius 3 is 2.38 bits per heavy atom. The summed E-state index contributed by atoms with van der Waals surface area (Å²) in [4.78, 5) is 9.91. The van der Waals surface area contributed by atoms with Gasteiger partial charge in [-0.3, -0.25) is 10.1 Å². The van der Waals surface area contributed by atoms with Crippen molar-refractivity contribution in [1.82, 2.24) is 0 Å². The van der Waals surface area contributed by atoms with E-state index >= 15 is 0 Å². The fourth-order valence-corrected chi connectivity index (χ4v) is 1.61. The minimum absolute atomic E-state index is 0.0352. The third-order valence-corrected chi connectivity index (χ3v) is 2.64. The molecular weight excluding hydrogens is 287 g/mol. The van der Waals surface area contributed by atoms with Crippen LogP contribution in [0.5, 0.6) is 0 Å². The van der Waals surface area contributed by atoms with E-state index in [9.17, 15) is 23.3 Å². The summed E-state index contributed by atoms with van der Waals surface area (Å²) >= 11 is 0. The second kappa shape index (κ2) is 5.50. The van der Waals surface area contributed by atoms with Gasteiger partial charge in [0.1, 0.15) is 6.07 Å². The van der Waals surface area contributed by atoms with Crippen molar-refractivity contribution in [1.29, 1.82) is 5.26 Å². The number of benzene rings is 2. The maximum atomic E-state index is 13.5. The van der Waals surface area contributed by atoms with Crippen molar-refractivity contribution in [2.75, 3.05) is 5.32 Å². The molecule has 0 saturated heterocycles. The van der Waals surface area contributed by atoms with Gasteiger partial charge in [-0.15, -0.1) is 0 Å². The lowest BCUT2D eigenvalue weighted by molar-refractivity contribution is -0.384. The van der Waals surface area contributed by atoms with Crippen LogP contribution < -0.4 is 5.32 Å². The van der Waals surface area contributed by atoms with E-state index in [-0.39, 0.29) is 22.6 Å². The van der Waals surface area contributed by atoms with Gasteiger partial charge in [-0.1, -0.05) is 0 Å². The smallest absolute Gasteiger partial charge is 0.270 e. The highest BCUT2D eigenvalue weighted by molar-refractivity contribution is 5.68. The normalized spacial score (nSPS) is 10.0. The van der Waals surface area contributed by atoms with Crippen molar-refractivity contribution in [3.63, 3.8) is 0 Å². The predicted molar refractivity (Wildman–Crippen MR) is 67.4 cm³/mol. The maximum Gasteiger partial charge on any atom is 0.270 e. The Bertz CT molecular complexity index is 772. The number of nitrogens with zero attached hydrogens (tertiary/aromatic N) is 2. The van der Waals surface area contributed by atoms with Gasteiger partial charge in [-0.25, -0.2) is 13.2 Å². The van der Waals surface area contributed by atoms with Crippen molar-refractivity contribution < 1.29 is 18.1 Å². The monoisotopic (exact) mass is 293 g/mol. The van der Waals surface area contributed by atoms with Crippen molar-refractivity contribution in [3.05, 3.63) is 63.5 Å². The third kappa shape index (κ3) is 2.76. The highest BCUT2D eigenvalue weighted by atomic mass is 19.2. The van der Waals surface area contributed by atoms with Gasteiger partial charge >= 0.3 is 0 Å². The number of anilines is 2. The molecule has 1 N–H and O–H groups in total. The molecule has 21 heavy (non-hydrogen) atoms. The predicted octanol–water partition coefficient (Wildman–Crippen LogP) is 3.63. The van der Waals surface area contributed by atoms with Crippen LogP contribution in [0.2, 0.25) is 0 Å². The minimum Gasteiger partial charge on any atom is -0.352 e. The average Bonchev–Trinajstić information content (AvgIpc) is 2.48. The Morgan fingerprint density at radius 2 is 1.76 bits per heavy atom. The summed E-state index contributed by atoms with van der Waals surface area (Å²) in [6, 6.07) is 6.64. The van der Waals surface area contributed by atoms with Gasteiger partial charge in [0.15, 0.2) is 17.5 Å². The topological polar surface area (TPSA) is 79.0 Å². The molecule has 0 saturated carbocycles. The van der Waals surface area contributed by atoms with Crippen molar-refractivity contribution in [2.45, 2.75) is 0 Å². The maximum absolute atomic E-state index is 13.5. The zero-order valence-corrected chi connectivity index (χ0v) is 10.2. The minimum atomic E-state index is -1.65. The lowest BCUT2D eigenvalue weighted by Gasteiger charge is -2.09. The number of rotatable bonds is 3. The molecule has 2 rings (SSSR count). The number of nitro benzene ring substituents is 1. The van der Waals surface area contributed by atoms with E-state index in [1.165, 1.54) is 6.07 Å². The van der Waals surface area contributed by atoms with E-state index in [4.69, 9.17) is 5.26 Å². The summed E-state index contributed by atoms with van der Waals surface area (Å²) in [5.41, 5.74) is -0.802. The highest BCUT2D eigenvalue weighted by Gasteiger charge is 2.16. The summed E-state index contributed by atoms with van der Waals surface area (Å²) in [6.45, 7) is 0. The lowest BCUT2D eigenvalue weighted by atomic mass is 10.1. The Balaban J connectivity index is 2.43. The van der Waals surface area contributed by atoms with Crippen LogP contribution in [0.25, 0.3) is 0 Å². The highest BCUT2D eigenvalue weighted by Crippen LogP contribution is 2.27. The standard InChI is InChI=1S/C13H6F3N3O2/c14-9-2-4-11(13(16)12(9)15)18-10-3-1-8(19(20)21)5-7(10)6-17/h1-5,18H. The Morgan fingerprint density at radius 1 is 1.10 bits per heavy atom. The summed E-state index contributed by atoms with van der Waals surface area (Å²) in [5.74, 6) is -4.44. The zero-order valence-electron chi connectivity index (χ0n) is 10.2. The zero-order chi connectivity index (χ0) is 15.6. The number of nitrogens with one attached hydrogen (secondary N) is 1. The quantitative estimate of drug-likeness (QED) is 0.532. The molecule has 0 radical (unpaired) electrons. The molecule has 2 aromatic carbocycles. The van der Waals surface area contributed by atoms with Crippen molar-refractivity contribution in [2.24, 2.45) is 0 Å². The van der Waals surface area contributed by atoms with Crippen LogP contribution in [-0.2, 0) is 0 Å². The third-order valence-electron chi connectivity index (χ3n) is 2.64. The van der Waals surface area contributed by atoms with E-state index in [0.29, 0.717) is 0 Å². The Kier molecular flexibility index (Phi) is 3.75. The first-order valence-corrected chi connectivity index (χ1v) is 5.53. The first-order chi connectivity index (χ1) is 9.93. The van der Waals surface area contributed by atoms with E-state index in [2.05, 4.69) is 5.32 Å². The molecular formula is C13H6F3N3O2. The molecule has 8 heteroatoms. The van der Waals surface area contributed by atoms with Gasteiger partial charge in [0.05, 0.1) is 21.9 Å². The number of non-ortho nitro benzene ring substituents is 1. The van der Waals surface area contributed by atoms with Gasteiger partial charge in [0, 0.05) is 12.1 Å². The summed E-state index contributed by atoms with van der Waals surface area (Å²) in [5, 5.41) is 21.9. The number of halogens is 3. The molecule has 0 bridgehead atoms. The van der Waals surface area contributed by atoms with Crippen LogP contribution in [0.15, 0.2) is 30.3 Å². The Hall–Kier alpha value is -3.08. The van der Waals surface area contributed by atoms with Crippen LogP contribution in [0, 0.1) is 38.9 Å². The molecule has 0 fully saturated rings. The second-order valence-corrected chi connectivity index (χ2v) is 3.95. The number of nitro groups is 1. The van der Waals surface area contributed by atoms with Crippen LogP contribution in [-0.4, -0.2) is 4.92 Å². The molecule has 106 valence electrons. The van der Waals surface area contributed by atoms with Gasteiger partial charge in [-0.05, 0) is 18.2 Å². The fraction of sp³-hybridized carbons (Fsp3) is 0. The largest absolute Gasteiger partial charge is 0.352 e. The van der Waals surface area contributed by atoms with Gasteiger partial charge in [-0.2, -0.15) is 5.26 Å². The first-order valence-electron chi connectivity index (χ1n) is 5.53. The second-order valence-electron chi connectivity index (χ2n) is 3.95. The molecule has 0 aliphatic heterocycles. The van der Waals surface area contributed by atoms with E-state index in [1.54, 1.807) is 6.07 Å². The van der Waals surface area contributed by atoms with Crippen LogP contribution >= 0.6 is 0 Å². The van der Waals surface area contributed by atoms with Crippen LogP contribution in [0.4, 0.5) is 30.2 Å². The van der Waals surface area contributed by atoms with E-state index in [0.717, 1.165) is 24.3 Å². The molecule has 0 atom stereocenters. The van der Waals surface area contributed by atoms with Crippen LogP contribution in [0.3, 0.4) is 0 Å². The molecule has 0 aliphatic rings. The molecule has 5 nitrogen and oxygen atoms in total. The van der Waals surface area contributed by atoms with Gasteiger partial charge in [0.2, 0.25) is 0 Å². The first kappa shape index (κ1) is 14.3. The lowest BCUT2D eigenvalue weighted by Crippen LogP contribution is -2.01. The number of hydrogen-bond acceptors (Lipinski definition) is 4. The van der Waals surface area contributed by atoms with Gasteiger partial charge < -0.3 is 5.32 Å². The summed E-state index contributed by atoms with van der Waals surface area (Å²) in [6.07, 6.45) is 0. The summed E-state index contributed by atoms with van der Waals surface area (Å²) < 4.78 is 39.4. The van der Waals surface area contributed by atoms with Crippen molar-refractivity contribution in [3.8, 4) is 6.07 Å². The molecule has 2 aromatic rings. The molecule has 0 amide bonds. The number of hydrogen-bond donors (Lipinski definition) is 1.